The van der Waals surface area contributed by atoms with Crippen molar-refractivity contribution < 1.29 is 13.2 Å². The summed E-state index contributed by atoms with van der Waals surface area (Å²) in [6, 6.07) is 1.63. The SMILES string of the molecule is CC(C)Cc1ccnn1CC(F)(F)F. The van der Waals surface area contributed by atoms with E-state index in [1.165, 1.54) is 6.20 Å². The van der Waals surface area contributed by atoms with Crippen LogP contribution in [0.3, 0.4) is 0 Å². The summed E-state index contributed by atoms with van der Waals surface area (Å²) in [5, 5.41) is 3.65. The lowest BCUT2D eigenvalue weighted by Gasteiger charge is -2.11. The van der Waals surface area contributed by atoms with Crippen LogP contribution in [0.2, 0.25) is 0 Å². The third-order valence-electron chi connectivity index (χ3n) is 1.75. The fourth-order valence-electron chi connectivity index (χ4n) is 1.26. The molecule has 0 atom stereocenters. The first-order valence-electron chi connectivity index (χ1n) is 4.46. The van der Waals surface area contributed by atoms with Crippen LogP contribution in [0, 0.1) is 5.92 Å². The minimum atomic E-state index is -4.20. The molecule has 0 aromatic carbocycles. The summed E-state index contributed by atoms with van der Waals surface area (Å²) < 4.78 is 37.2. The maximum absolute atomic E-state index is 12.1. The molecular weight excluding hydrogens is 193 g/mol. The number of halogens is 3. The van der Waals surface area contributed by atoms with Gasteiger partial charge in [0.2, 0.25) is 0 Å². The zero-order chi connectivity index (χ0) is 10.8. The Morgan fingerprint density at radius 3 is 2.57 bits per heavy atom. The molecule has 0 bridgehead atoms. The molecule has 1 rings (SSSR count). The second-order valence-electron chi connectivity index (χ2n) is 3.69. The van der Waals surface area contributed by atoms with Gasteiger partial charge in [0, 0.05) is 11.9 Å². The van der Waals surface area contributed by atoms with Crippen molar-refractivity contribution in [2.75, 3.05) is 0 Å². The summed E-state index contributed by atoms with van der Waals surface area (Å²) in [6.45, 7) is 2.93. The van der Waals surface area contributed by atoms with Crippen LogP contribution in [0.25, 0.3) is 0 Å². The summed E-state index contributed by atoms with van der Waals surface area (Å²) in [5.74, 6) is 0.332. The maximum Gasteiger partial charge on any atom is 0.408 e. The molecule has 0 saturated carbocycles. The quantitative estimate of drug-likeness (QED) is 0.743. The number of nitrogens with zero attached hydrogens (tertiary/aromatic N) is 2. The lowest BCUT2D eigenvalue weighted by Crippen LogP contribution is -2.20. The molecule has 14 heavy (non-hydrogen) atoms. The van der Waals surface area contributed by atoms with Crippen molar-refractivity contribution in [1.82, 2.24) is 9.78 Å². The predicted molar refractivity (Wildman–Crippen MR) is 46.8 cm³/mol. The minimum absolute atomic E-state index is 0.332. The van der Waals surface area contributed by atoms with E-state index < -0.39 is 12.7 Å². The zero-order valence-corrected chi connectivity index (χ0v) is 8.17. The third-order valence-corrected chi connectivity index (χ3v) is 1.75. The highest BCUT2D eigenvalue weighted by Crippen LogP contribution is 2.18. The van der Waals surface area contributed by atoms with E-state index in [1.807, 2.05) is 13.8 Å². The molecule has 0 unspecified atom stereocenters. The molecule has 1 heterocycles. The van der Waals surface area contributed by atoms with E-state index in [0.29, 0.717) is 18.0 Å². The van der Waals surface area contributed by atoms with E-state index >= 15 is 0 Å². The number of hydrogen-bond donors (Lipinski definition) is 0. The van der Waals surface area contributed by atoms with E-state index in [0.717, 1.165) is 4.68 Å². The Bertz CT molecular complexity index is 288. The first-order chi connectivity index (χ1) is 6.38. The van der Waals surface area contributed by atoms with Crippen molar-refractivity contribution in [3.63, 3.8) is 0 Å². The number of rotatable bonds is 3. The number of hydrogen-bond acceptors (Lipinski definition) is 1. The first-order valence-corrected chi connectivity index (χ1v) is 4.46. The molecule has 2 nitrogen and oxygen atoms in total. The molecule has 0 N–H and O–H groups in total. The molecule has 0 spiro atoms. The van der Waals surface area contributed by atoms with Gasteiger partial charge in [-0.05, 0) is 18.4 Å². The molecule has 0 aliphatic rings. The van der Waals surface area contributed by atoms with Crippen LogP contribution >= 0.6 is 0 Å². The van der Waals surface area contributed by atoms with Gasteiger partial charge in [-0.1, -0.05) is 13.8 Å². The highest BCUT2D eigenvalue weighted by atomic mass is 19.4. The van der Waals surface area contributed by atoms with Crippen molar-refractivity contribution in [3.05, 3.63) is 18.0 Å². The molecule has 0 aliphatic heterocycles. The Morgan fingerprint density at radius 2 is 2.07 bits per heavy atom. The average molecular weight is 206 g/mol. The predicted octanol–water partition coefficient (Wildman–Crippen LogP) is 2.64. The largest absolute Gasteiger partial charge is 0.408 e. The van der Waals surface area contributed by atoms with Gasteiger partial charge in [-0.15, -0.1) is 0 Å². The van der Waals surface area contributed by atoms with Crippen molar-refractivity contribution in [2.24, 2.45) is 5.92 Å². The maximum atomic E-state index is 12.1. The molecule has 0 saturated heterocycles. The topological polar surface area (TPSA) is 17.8 Å². The van der Waals surface area contributed by atoms with Gasteiger partial charge in [0.15, 0.2) is 0 Å². The molecule has 0 aliphatic carbocycles. The van der Waals surface area contributed by atoms with Crippen LogP contribution in [0.15, 0.2) is 12.3 Å². The summed E-state index contributed by atoms with van der Waals surface area (Å²) >= 11 is 0. The van der Waals surface area contributed by atoms with E-state index in [-0.39, 0.29) is 0 Å². The molecule has 80 valence electrons. The van der Waals surface area contributed by atoms with Gasteiger partial charge in [-0.3, -0.25) is 4.68 Å². The monoisotopic (exact) mass is 206 g/mol. The van der Waals surface area contributed by atoms with Gasteiger partial charge in [0.05, 0.1) is 0 Å². The van der Waals surface area contributed by atoms with Gasteiger partial charge in [0.1, 0.15) is 6.54 Å². The number of alkyl halides is 3. The Hall–Kier alpha value is -1.00. The molecular formula is C9H13F3N2. The summed E-state index contributed by atoms with van der Waals surface area (Å²) in [7, 11) is 0. The van der Waals surface area contributed by atoms with Crippen molar-refractivity contribution in [3.8, 4) is 0 Å². The summed E-state index contributed by atoms with van der Waals surface area (Å²) in [6.07, 6.45) is -2.17. The zero-order valence-electron chi connectivity index (χ0n) is 8.17. The average Bonchev–Trinajstić information content (AvgIpc) is 2.32. The Morgan fingerprint density at radius 1 is 1.43 bits per heavy atom. The van der Waals surface area contributed by atoms with E-state index in [9.17, 15) is 13.2 Å². The van der Waals surface area contributed by atoms with Crippen molar-refractivity contribution in [2.45, 2.75) is 33.0 Å². The van der Waals surface area contributed by atoms with Gasteiger partial charge < -0.3 is 0 Å². The fraction of sp³-hybridized carbons (Fsp3) is 0.667. The van der Waals surface area contributed by atoms with Gasteiger partial charge in [-0.2, -0.15) is 18.3 Å². The van der Waals surface area contributed by atoms with Crippen LogP contribution in [0.5, 0.6) is 0 Å². The van der Waals surface area contributed by atoms with E-state index in [4.69, 9.17) is 0 Å². The normalized spacial score (nSPS) is 12.4. The van der Waals surface area contributed by atoms with Gasteiger partial charge in [0.25, 0.3) is 0 Å². The van der Waals surface area contributed by atoms with Crippen LogP contribution in [-0.2, 0) is 13.0 Å². The van der Waals surface area contributed by atoms with Crippen LogP contribution in [0.1, 0.15) is 19.5 Å². The van der Waals surface area contributed by atoms with Crippen LogP contribution < -0.4 is 0 Å². The van der Waals surface area contributed by atoms with Crippen molar-refractivity contribution >= 4 is 0 Å². The van der Waals surface area contributed by atoms with Crippen LogP contribution in [-0.4, -0.2) is 16.0 Å². The number of aromatic nitrogens is 2. The van der Waals surface area contributed by atoms with Crippen LogP contribution in [0.4, 0.5) is 13.2 Å². The minimum Gasteiger partial charge on any atom is -0.260 e. The lowest BCUT2D eigenvalue weighted by atomic mass is 10.1. The Labute approximate surface area is 80.7 Å². The van der Waals surface area contributed by atoms with Gasteiger partial charge >= 0.3 is 6.18 Å². The van der Waals surface area contributed by atoms with Crippen molar-refractivity contribution in [1.29, 1.82) is 0 Å². The molecule has 0 fully saturated rings. The lowest BCUT2D eigenvalue weighted by molar-refractivity contribution is -0.143. The Kier molecular flexibility index (Phi) is 3.18. The molecule has 0 amide bonds. The van der Waals surface area contributed by atoms with E-state index in [1.54, 1.807) is 6.07 Å². The molecule has 1 aromatic rings. The summed E-state index contributed by atoms with van der Waals surface area (Å²) in [5.41, 5.74) is 0.636. The highest BCUT2D eigenvalue weighted by Gasteiger charge is 2.29. The Balaban J connectivity index is 2.72. The second-order valence-corrected chi connectivity index (χ2v) is 3.69. The third kappa shape index (κ3) is 3.40. The summed E-state index contributed by atoms with van der Waals surface area (Å²) in [4.78, 5) is 0. The standard InChI is InChI=1S/C9H13F3N2/c1-7(2)5-8-3-4-13-14(8)6-9(10,11)12/h3-4,7H,5-6H2,1-2H3. The van der Waals surface area contributed by atoms with E-state index in [2.05, 4.69) is 5.10 Å². The fourth-order valence-corrected chi connectivity index (χ4v) is 1.26. The molecule has 5 heteroatoms. The molecule has 1 aromatic heterocycles. The second kappa shape index (κ2) is 4.02. The first kappa shape index (κ1) is 11.1. The smallest absolute Gasteiger partial charge is 0.260 e. The molecule has 0 radical (unpaired) electrons. The van der Waals surface area contributed by atoms with Gasteiger partial charge in [-0.25, -0.2) is 0 Å². The highest BCUT2D eigenvalue weighted by molar-refractivity contribution is 5.01.